The highest BCUT2D eigenvalue weighted by atomic mass is 16.4. The number of aryl methyl sites for hydroxylation is 2. The first-order valence-electron chi connectivity index (χ1n) is 6.76. The monoisotopic (exact) mass is 264 g/mol. The van der Waals surface area contributed by atoms with E-state index >= 15 is 0 Å². The molecule has 0 saturated heterocycles. The van der Waals surface area contributed by atoms with E-state index in [2.05, 4.69) is 10.3 Å². The fraction of sp³-hybridized carbons (Fsp3) is 0.571. The largest absolute Gasteiger partial charge is 0.478 e. The first-order valence-corrected chi connectivity index (χ1v) is 6.76. The van der Waals surface area contributed by atoms with Crippen molar-refractivity contribution in [3.63, 3.8) is 0 Å². The second-order valence-electron chi connectivity index (χ2n) is 5.07. The molecule has 0 bridgehead atoms. The number of nitrogens with one attached hydrogen (secondary N) is 1. The summed E-state index contributed by atoms with van der Waals surface area (Å²) in [6, 6.07) is 1.74. The first kappa shape index (κ1) is 13.8. The van der Waals surface area contributed by atoms with Gasteiger partial charge >= 0.3 is 5.97 Å². The van der Waals surface area contributed by atoms with Crippen LogP contribution in [0.3, 0.4) is 0 Å². The third-order valence-electron chi connectivity index (χ3n) is 3.39. The van der Waals surface area contributed by atoms with Crippen LogP contribution in [0.25, 0.3) is 0 Å². The lowest BCUT2D eigenvalue weighted by Crippen LogP contribution is -2.16. The van der Waals surface area contributed by atoms with Crippen LogP contribution in [0.5, 0.6) is 0 Å². The molecule has 1 unspecified atom stereocenters. The lowest BCUT2D eigenvalue weighted by atomic mass is 9.94. The van der Waals surface area contributed by atoms with Crippen LogP contribution in [0.2, 0.25) is 0 Å². The van der Waals surface area contributed by atoms with Gasteiger partial charge in [-0.2, -0.15) is 0 Å². The van der Waals surface area contributed by atoms with Crippen LogP contribution in [0.1, 0.15) is 47.8 Å². The van der Waals surface area contributed by atoms with Crippen molar-refractivity contribution in [3.05, 3.63) is 22.9 Å². The van der Waals surface area contributed by atoms with E-state index in [1.807, 2.05) is 0 Å². The number of rotatable bonds is 5. The number of pyridine rings is 1. The summed E-state index contributed by atoms with van der Waals surface area (Å²) in [5.41, 5.74) is 2.30. The number of aliphatic hydroxyl groups is 1. The van der Waals surface area contributed by atoms with Crippen LogP contribution in [-0.4, -0.2) is 33.8 Å². The Balaban J connectivity index is 2.21. The highest BCUT2D eigenvalue weighted by molar-refractivity contribution is 5.93. The molecule has 0 radical (unpaired) electrons. The van der Waals surface area contributed by atoms with Crippen molar-refractivity contribution < 1.29 is 15.0 Å². The number of fused-ring (bicyclic) bond motifs is 1. The van der Waals surface area contributed by atoms with Gasteiger partial charge in [-0.05, 0) is 50.7 Å². The average molecular weight is 264 g/mol. The maximum atomic E-state index is 11.3. The van der Waals surface area contributed by atoms with E-state index in [1.165, 1.54) is 0 Å². The molecule has 1 atom stereocenters. The standard InChI is InChI=1S/C14H20N2O3/c1-9(17)6-7-15-13-11(14(18)19)8-10-4-2-3-5-12(10)16-13/h8-9,17H,2-7H2,1H3,(H,15,16)(H,18,19). The van der Waals surface area contributed by atoms with E-state index in [1.54, 1.807) is 13.0 Å². The molecule has 1 aromatic heterocycles. The summed E-state index contributed by atoms with van der Waals surface area (Å²) < 4.78 is 0. The van der Waals surface area contributed by atoms with Gasteiger partial charge in [0.25, 0.3) is 0 Å². The number of carbonyl (C=O) groups is 1. The molecule has 0 spiro atoms. The number of aromatic nitrogens is 1. The van der Waals surface area contributed by atoms with Gasteiger partial charge in [-0.1, -0.05) is 0 Å². The van der Waals surface area contributed by atoms with E-state index in [9.17, 15) is 15.0 Å². The number of hydrogen-bond acceptors (Lipinski definition) is 4. The Kier molecular flexibility index (Phi) is 4.37. The van der Waals surface area contributed by atoms with Crippen LogP contribution in [0.4, 0.5) is 5.82 Å². The third kappa shape index (κ3) is 3.44. The second-order valence-corrected chi connectivity index (χ2v) is 5.07. The van der Waals surface area contributed by atoms with Crippen molar-refractivity contribution in [1.29, 1.82) is 0 Å². The zero-order chi connectivity index (χ0) is 13.8. The van der Waals surface area contributed by atoms with Gasteiger partial charge in [-0.25, -0.2) is 9.78 Å². The van der Waals surface area contributed by atoms with E-state index in [0.717, 1.165) is 36.9 Å². The smallest absolute Gasteiger partial charge is 0.339 e. The van der Waals surface area contributed by atoms with E-state index in [0.29, 0.717) is 18.8 Å². The first-order chi connectivity index (χ1) is 9.08. The van der Waals surface area contributed by atoms with Crippen molar-refractivity contribution in [2.24, 2.45) is 0 Å². The normalized spacial score (nSPS) is 15.7. The molecule has 1 aliphatic carbocycles. The number of aromatic carboxylic acids is 1. The van der Waals surface area contributed by atoms with Gasteiger partial charge in [0.1, 0.15) is 11.4 Å². The Bertz CT molecular complexity index is 472. The van der Waals surface area contributed by atoms with Crippen LogP contribution in [0.15, 0.2) is 6.07 Å². The van der Waals surface area contributed by atoms with Gasteiger partial charge in [0.2, 0.25) is 0 Å². The number of hydrogen-bond donors (Lipinski definition) is 3. The Hall–Kier alpha value is -1.62. The summed E-state index contributed by atoms with van der Waals surface area (Å²) in [6.07, 6.45) is 4.20. The van der Waals surface area contributed by atoms with Gasteiger partial charge in [0, 0.05) is 12.2 Å². The summed E-state index contributed by atoms with van der Waals surface area (Å²) in [4.78, 5) is 15.7. The topological polar surface area (TPSA) is 82.5 Å². The molecule has 2 rings (SSSR count). The van der Waals surface area contributed by atoms with Crippen molar-refractivity contribution in [3.8, 4) is 0 Å². The molecule has 19 heavy (non-hydrogen) atoms. The number of anilines is 1. The summed E-state index contributed by atoms with van der Waals surface area (Å²) in [7, 11) is 0. The average Bonchev–Trinajstić information content (AvgIpc) is 2.37. The Labute approximate surface area is 112 Å². The van der Waals surface area contributed by atoms with Crippen LogP contribution in [0, 0.1) is 0 Å². The highest BCUT2D eigenvalue weighted by Crippen LogP contribution is 2.24. The summed E-state index contributed by atoms with van der Waals surface area (Å²) in [6.45, 7) is 2.23. The second kappa shape index (κ2) is 6.02. The quantitative estimate of drug-likeness (QED) is 0.756. The molecular weight excluding hydrogens is 244 g/mol. The Morgan fingerprint density at radius 2 is 2.21 bits per heavy atom. The molecule has 0 aromatic carbocycles. The molecule has 0 aliphatic heterocycles. The van der Waals surface area contributed by atoms with Crippen molar-refractivity contribution in [2.45, 2.75) is 45.1 Å². The van der Waals surface area contributed by atoms with Gasteiger partial charge in [0.05, 0.1) is 6.10 Å². The molecule has 5 nitrogen and oxygen atoms in total. The summed E-state index contributed by atoms with van der Waals surface area (Å²) >= 11 is 0. The number of nitrogens with zero attached hydrogens (tertiary/aromatic N) is 1. The minimum absolute atomic E-state index is 0.228. The predicted octanol–water partition coefficient (Wildman–Crippen LogP) is 1.84. The van der Waals surface area contributed by atoms with Crippen LogP contribution >= 0.6 is 0 Å². The molecule has 104 valence electrons. The van der Waals surface area contributed by atoms with E-state index < -0.39 is 12.1 Å². The van der Waals surface area contributed by atoms with E-state index in [4.69, 9.17) is 0 Å². The van der Waals surface area contributed by atoms with Gasteiger partial charge in [0.15, 0.2) is 0 Å². The van der Waals surface area contributed by atoms with Gasteiger partial charge in [-0.3, -0.25) is 0 Å². The molecule has 0 fully saturated rings. The number of aliphatic hydroxyl groups excluding tert-OH is 1. The van der Waals surface area contributed by atoms with Crippen molar-refractivity contribution in [2.75, 3.05) is 11.9 Å². The molecule has 5 heteroatoms. The molecule has 0 saturated carbocycles. The fourth-order valence-corrected chi connectivity index (χ4v) is 2.33. The predicted molar refractivity (Wildman–Crippen MR) is 72.6 cm³/mol. The zero-order valence-corrected chi connectivity index (χ0v) is 11.1. The summed E-state index contributed by atoms with van der Waals surface area (Å²) in [5, 5.41) is 21.5. The molecule has 3 N–H and O–H groups in total. The maximum Gasteiger partial charge on any atom is 0.339 e. The maximum absolute atomic E-state index is 11.3. The minimum atomic E-state index is -0.958. The van der Waals surface area contributed by atoms with Gasteiger partial charge < -0.3 is 15.5 Å². The highest BCUT2D eigenvalue weighted by Gasteiger charge is 2.18. The Morgan fingerprint density at radius 1 is 1.47 bits per heavy atom. The molecule has 1 heterocycles. The van der Waals surface area contributed by atoms with Crippen molar-refractivity contribution in [1.82, 2.24) is 4.98 Å². The van der Waals surface area contributed by atoms with Crippen LogP contribution in [-0.2, 0) is 12.8 Å². The minimum Gasteiger partial charge on any atom is -0.478 e. The lowest BCUT2D eigenvalue weighted by Gasteiger charge is -2.18. The molecule has 1 aromatic rings. The lowest BCUT2D eigenvalue weighted by molar-refractivity contribution is 0.0697. The van der Waals surface area contributed by atoms with Crippen LogP contribution < -0.4 is 5.32 Å². The molecular formula is C14H20N2O3. The number of carboxylic acid groups (broad SMARTS) is 1. The molecule has 1 aliphatic rings. The van der Waals surface area contributed by atoms with E-state index in [-0.39, 0.29) is 5.56 Å². The zero-order valence-electron chi connectivity index (χ0n) is 11.1. The Morgan fingerprint density at radius 3 is 2.89 bits per heavy atom. The number of carboxylic acids is 1. The summed E-state index contributed by atoms with van der Waals surface area (Å²) in [5.74, 6) is -0.533. The molecule has 0 amide bonds. The van der Waals surface area contributed by atoms with Gasteiger partial charge in [-0.15, -0.1) is 0 Å². The fourth-order valence-electron chi connectivity index (χ4n) is 2.33. The third-order valence-corrected chi connectivity index (χ3v) is 3.39. The van der Waals surface area contributed by atoms with Crippen molar-refractivity contribution >= 4 is 11.8 Å². The SMILES string of the molecule is CC(O)CCNc1nc2c(cc1C(=O)O)CCCC2.